The highest BCUT2D eigenvalue weighted by Crippen LogP contribution is 2.42. The van der Waals surface area contributed by atoms with E-state index in [9.17, 15) is 44.3 Å². The van der Waals surface area contributed by atoms with Gasteiger partial charge < -0.3 is 22.9 Å². The topological polar surface area (TPSA) is 197 Å². The van der Waals surface area contributed by atoms with E-state index in [2.05, 4.69) is 9.98 Å². The molecule has 4 rings (SSSR count). The van der Waals surface area contributed by atoms with Crippen LogP contribution in [0.3, 0.4) is 0 Å². The van der Waals surface area contributed by atoms with Gasteiger partial charge in [0.25, 0.3) is 11.8 Å². The van der Waals surface area contributed by atoms with Crippen LogP contribution in [-0.4, -0.2) is 32.2 Å². The van der Waals surface area contributed by atoms with Gasteiger partial charge >= 0.3 is 12.4 Å². The Labute approximate surface area is 306 Å². The second-order valence-corrected chi connectivity index (χ2v) is 14.4. The van der Waals surface area contributed by atoms with Crippen LogP contribution in [0.2, 0.25) is 10.0 Å². The molecule has 0 unspecified atom stereocenters. The number of halogens is 8. The Morgan fingerprint density at radius 3 is 1.48 bits per heavy atom. The summed E-state index contributed by atoms with van der Waals surface area (Å²) in [6.45, 7) is 2.79. The van der Waals surface area contributed by atoms with Crippen LogP contribution in [0, 0.1) is 13.8 Å². The van der Waals surface area contributed by atoms with Gasteiger partial charge in [0.15, 0.2) is 11.9 Å². The molecule has 10 nitrogen and oxygen atoms in total. The molecule has 0 saturated heterocycles. The minimum absolute atomic E-state index is 0.0337. The summed E-state index contributed by atoms with van der Waals surface area (Å²) in [7, 11) is -4.53. The predicted octanol–water partition coefficient (Wildman–Crippen LogP) is 7.15. The highest BCUT2D eigenvalue weighted by molar-refractivity contribution is 7.99. The Hall–Kier alpha value is -4.78. The van der Waals surface area contributed by atoms with Crippen molar-refractivity contribution in [1.82, 2.24) is 0 Å². The van der Waals surface area contributed by atoms with Gasteiger partial charge in [-0.3, -0.25) is 9.59 Å². The van der Waals surface area contributed by atoms with Gasteiger partial charge in [-0.1, -0.05) is 35.0 Å². The van der Waals surface area contributed by atoms with Gasteiger partial charge in [-0.05, 0) is 97.8 Å². The molecule has 0 aromatic heterocycles. The van der Waals surface area contributed by atoms with Gasteiger partial charge in [0.05, 0.1) is 20.9 Å². The van der Waals surface area contributed by atoms with Gasteiger partial charge in [0, 0.05) is 31.0 Å². The zero-order valence-corrected chi connectivity index (χ0v) is 29.8. The van der Waals surface area contributed by atoms with Gasteiger partial charge in [0.2, 0.25) is 9.84 Å². The van der Waals surface area contributed by atoms with Crippen molar-refractivity contribution in [3.05, 3.63) is 116 Å². The summed E-state index contributed by atoms with van der Waals surface area (Å²) < 4.78 is 106. The molecule has 0 spiro atoms. The molecule has 20 heteroatoms. The first-order valence-corrected chi connectivity index (χ1v) is 17.1. The predicted molar refractivity (Wildman–Crippen MR) is 185 cm³/mol. The third kappa shape index (κ3) is 10.6. The maximum absolute atomic E-state index is 13.5. The van der Waals surface area contributed by atoms with Crippen LogP contribution in [-0.2, 0) is 22.2 Å². The normalized spacial score (nSPS) is 11.6. The van der Waals surface area contributed by atoms with Crippen LogP contribution in [0.1, 0.15) is 43.0 Å². The number of rotatable bonds is 6. The van der Waals surface area contributed by atoms with Crippen LogP contribution >= 0.6 is 35.0 Å². The van der Waals surface area contributed by atoms with E-state index in [1.807, 2.05) is 0 Å². The number of hydrogen-bond donors (Lipinski definition) is 4. The first-order chi connectivity index (χ1) is 23.9. The quantitative estimate of drug-likeness (QED) is 0.0889. The van der Waals surface area contributed by atoms with Crippen molar-refractivity contribution < 1.29 is 44.3 Å². The van der Waals surface area contributed by atoms with Crippen molar-refractivity contribution in [2.45, 2.75) is 45.8 Å². The number of sulfone groups is 1. The van der Waals surface area contributed by atoms with E-state index >= 15 is 0 Å². The van der Waals surface area contributed by atoms with Crippen LogP contribution < -0.4 is 22.9 Å². The van der Waals surface area contributed by atoms with E-state index in [1.54, 1.807) is 24.3 Å². The molecule has 276 valence electrons. The Morgan fingerprint density at radius 1 is 0.654 bits per heavy atom. The lowest BCUT2D eigenvalue weighted by Crippen LogP contribution is -2.24. The number of aliphatic imine (C=N–C) groups is 2. The highest BCUT2D eigenvalue weighted by atomic mass is 35.5. The first-order valence-electron chi connectivity index (χ1n) is 14.1. The van der Waals surface area contributed by atoms with Crippen LogP contribution in [0.4, 0.5) is 26.3 Å². The molecule has 0 aliphatic carbocycles. The van der Waals surface area contributed by atoms with Crippen molar-refractivity contribution in [2.24, 2.45) is 32.9 Å². The fourth-order valence-corrected chi connectivity index (χ4v) is 7.14. The zero-order valence-electron chi connectivity index (χ0n) is 26.6. The molecule has 4 aromatic rings. The summed E-state index contributed by atoms with van der Waals surface area (Å²) in [5, 5.41) is 0.703. The molecule has 2 amide bonds. The SMILES string of the molecule is Cc1cc(S(=O)(=O)c2ccc(Cl)cc2)c(C(F)(F)F)cc1C(=O)N=C(N)N.Cc1cc(Sc2ccc(Cl)cc2)c(C(F)(F)F)cc1C(=O)N=C(N)N. The average Bonchev–Trinajstić information content (AvgIpc) is 3.00. The second-order valence-electron chi connectivity index (χ2n) is 10.5. The fraction of sp³-hybridized carbons (Fsp3) is 0.125. The molecule has 52 heavy (non-hydrogen) atoms. The van der Waals surface area contributed by atoms with Crippen LogP contribution in [0.5, 0.6) is 0 Å². The van der Waals surface area contributed by atoms with Gasteiger partial charge in [-0.25, -0.2) is 8.42 Å². The molecule has 0 atom stereocenters. The number of carbonyl (C=O) groups excluding carboxylic acids is 2. The number of alkyl halides is 6. The minimum atomic E-state index is -5.05. The molecule has 0 saturated carbocycles. The van der Waals surface area contributed by atoms with E-state index in [-0.39, 0.29) is 25.9 Å². The van der Waals surface area contributed by atoms with Gasteiger partial charge in [-0.15, -0.1) is 0 Å². The third-order valence-electron chi connectivity index (χ3n) is 6.64. The molecular weight excluding hydrogens is 781 g/mol. The maximum Gasteiger partial charge on any atom is 0.417 e. The number of carbonyl (C=O) groups is 2. The highest BCUT2D eigenvalue weighted by Gasteiger charge is 2.39. The Morgan fingerprint density at radius 2 is 1.06 bits per heavy atom. The second kappa shape index (κ2) is 16.3. The van der Waals surface area contributed by atoms with Crippen molar-refractivity contribution in [2.75, 3.05) is 0 Å². The molecule has 0 aliphatic heterocycles. The summed E-state index contributed by atoms with van der Waals surface area (Å²) in [5.74, 6) is -3.19. The van der Waals surface area contributed by atoms with Crippen LogP contribution in [0.15, 0.2) is 102 Å². The Kier molecular flexibility index (Phi) is 13.0. The number of aryl methyl sites for hydroxylation is 2. The van der Waals surface area contributed by atoms with Crippen molar-refractivity contribution in [3.63, 3.8) is 0 Å². The molecular formula is C32H26Cl2F6N6O4S2. The molecule has 0 heterocycles. The first kappa shape index (κ1) is 41.6. The van der Waals surface area contributed by atoms with E-state index in [1.165, 1.54) is 32.0 Å². The largest absolute Gasteiger partial charge is 0.417 e. The number of guanidine groups is 2. The number of hydrogen-bond acceptors (Lipinski definition) is 5. The fourth-order valence-electron chi connectivity index (χ4n) is 4.30. The van der Waals surface area contributed by atoms with E-state index in [0.717, 1.165) is 36.0 Å². The van der Waals surface area contributed by atoms with Crippen LogP contribution in [0.25, 0.3) is 0 Å². The smallest absolute Gasteiger partial charge is 0.370 e. The van der Waals surface area contributed by atoms with Crippen molar-refractivity contribution >= 4 is 68.5 Å². The molecule has 0 radical (unpaired) electrons. The molecule has 4 aromatic carbocycles. The van der Waals surface area contributed by atoms with Crippen molar-refractivity contribution in [1.29, 1.82) is 0 Å². The molecule has 8 N–H and O–H groups in total. The molecule has 0 bridgehead atoms. The van der Waals surface area contributed by atoms with Gasteiger partial charge in [0.1, 0.15) is 0 Å². The maximum atomic E-state index is 13.5. The number of benzene rings is 4. The summed E-state index contributed by atoms with van der Waals surface area (Å²) in [4.78, 5) is 29.5. The van der Waals surface area contributed by atoms with E-state index in [4.69, 9.17) is 46.1 Å². The molecule has 0 aliphatic rings. The number of nitrogens with two attached hydrogens (primary N) is 4. The number of nitrogens with zero attached hydrogens (tertiary/aromatic N) is 2. The zero-order chi connectivity index (χ0) is 39.3. The lowest BCUT2D eigenvalue weighted by molar-refractivity contribution is -0.140. The summed E-state index contributed by atoms with van der Waals surface area (Å²) >= 11 is 12.4. The van der Waals surface area contributed by atoms with E-state index < -0.39 is 67.5 Å². The Balaban J connectivity index is 0.000000281. The number of amides is 2. The van der Waals surface area contributed by atoms with Gasteiger partial charge in [-0.2, -0.15) is 36.3 Å². The van der Waals surface area contributed by atoms with E-state index in [0.29, 0.717) is 21.5 Å². The standard InChI is InChI=1S/C16H13ClF3N3O3S.C16H13ClF3N3OS/c1-8-6-13(27(25,26)10-4-2-9(17)3-5-10)12(16(18,19)20)7-11(8)14(24)23-15(21)22;1-8-6-13(25-10-4-2-9(17)3-5-10)12(16(18,19)20)7-11(8)14(24)23-15(21)22/h2-7H,1H3,(H4,21,22,23,24);2-7H,1H3,(H4,21,22,23,24). The lowest BCUT2D eigenvalue weighted by Gasteiger charge is -2.16. The molecule has 0 fully saturated rings. The summed E-state index contributed by atoms with van der Waals surface area (Å²) in [5.41, 5.74) is 17.6. The lowest BCUT2D eigenvalue weighted by atomic mass is 10.0. The average molecular weight is 808 g/mol. The summed E-state index contributed by atoms with van der Waals surface area (Å²) in [6.07, 6.45) is -9.69. The van der Waals surface area contributed by atoms with Crippen molar-refractivity contribution in [3.8, 4) is 0 Å². The minimum Gasteiger partial charge on any atom is -0.370 e. The third-order valence-corrected chi connectivity index (χ3v) is 10.0. The Bertz CT molecular complexity index is 2170. The monoisotopic (exact) mass is 806 g/mol. The summed E-state index contributed by atoms with van der Waals surface area (Å²) in [6, 6.07) is 14.3.